The van der Waals surface area contributed by atoms with E-state index in [0.717, 1.165) is 22.9 Å². The van der Waals surface area contributed by atoms with Gasteiger partial charge in [-0.05, 0) is 61.0 Å². The molecule has 3 aromatic rings. The van der Waals surface area contributed by atoms with E-state index in [0.29, 0.717) is 33.8 Å². The van der Waals surface area contributed by atoms with Crippen molar-refractivity contribution in [3.63, 3.8) is 0 Å². The molecule has 0 unspecified atom stereocenters. The van der Waals surface area contributed by atoms with E-state index in [-0.39, 0.29) is 11.5 Å². The second-order valence-corrected chi connectivity index (χ2v) is 8.47. The highest BCUT2D eigenvalue weighted by molar-refractivity contribution is 9.10. The molecular formula is C21H20BrN3O2S. The molecule has 7 heteroatoms. The second-order valence-electron chi connectivity index (χ2n) is 7.16. The summed E-state index contributed by atoms with van der Waals surface area (Å²) in [7, 11) is 0. The Morgan fingerprint density at radius 3 is 2.61 bits per heavy atom. The molecule has 1 aliphatic carbocycles. The predicted molar refractivity (Wildman–Crippen MR) is 116 cm³/mol. The van der Waals surface area contributed by atoms with E-state index in [1.54, 1.807) is 18.2 Å². The van der Waals surface area contributed by atoms with E-state index in [2.05, 4.69) is 26.2 Å². The normalized spacial score (nSPS) is 14.5. The minimum atomic E-state index is -0.136. The molecule has 1 fully saturated rings. The van der Waals surface area contributed by atoms with Crippen LogP contribution in [0.4, 0.5) is 0 Å². The zero-order chi connectivity index (χ0) is 19.7. The van der Waals surface area contributed by atoms with Crippen molar-refractivity contribution in [1.29, 1.82) is 0 Å². The molecule has 0 spiro atoms. The van der Waals surface area contributed by atoms with Crippen LogP contribution < -0.4 is 10.9 Å². The van der Waals surface area contributed by atoms with Gasteiger partial charge in [-0.3, -0.25) is 14.2 Å². The zero-order valence-electron chi connectivity index (χ0n) is 15.2. The molecule has 2 aromatic carbocycles. The van der Waals surface area contributed by atoms with Gasteiger partial charge in [-0.15, -0.1) is 0 Å². The fraction of sp³-hybridized carbons (Fsp3) is 0.286. The van der Waals surface area contributed by atoms with Gasteiger partial charge in [0.15, 0.2) is 4.77 Å². The van der Waals surface area contributed by atoms with Gasteiger partial charge in [-0.25, -0.2) is 0 Å². The first-order chi connectivity index (χ1) is 13.5. The number of halogens is 1. The van der Waals surface area contributed by atoms with E-state index >= 15 is 0 Å². The van der Waals surface area contributed by atoms with Gasteiger partial charge in [0.05, 0.1) is 17.4 Å². The summed E-state index contributed by atoms with van der Waals surface area (Å²) >= 11 is 8.78. The molecule has 1 aromatic heterocycles. The molecule has 0 atom stereocenters. The van der Waals surface area contributed by atoms with Crippen LogP contribution in [0.15, 0.2) is 51.7 Å². The highest BCUT2D eigenvalue weighted by atomic mass is 79.9. The summed E-state index contributed by atoms with van der Waals surface area (Å²) in [6.07, 6.45) is 4.48. The Hall–Kier alpha value is -2.25. The molecule has 0 bridgehead atoms. The van der Waals surface area contributed by atoms with E-state index in [1.165, 1.54) is 17.4 Å². The fourth-order valence-electron chi connectivity index (χ4n) is 3.65. The lowest BCUT2D eigenvalue weighted by Gasteiger charge is -2.12. The molecule has 144 valence electrons. The van der Waals surface area contributed by atoms with Crippen molar-refractivity contribution in [2.45, 2.75) is 38.3 Å². The molecule has 5 nitrogen and oxygen atoms in total. The predicted octanol–water partition coefficient (Wildman–Crippen LogP) is 4.54. The lowest BCUT2D eigenvalue weighted by molar-refractivity contribution is 0.0938. The second kappa shape index (κ2) is 8.01. The van der Waals surface area contributed by atoms with Crippen molar-refractivity contribution in [2.75, 3.05) is 0 Å². The summed E-state index contributed by atoms with van der Waals surface area (Å²) in [5, 5.41) is 3.67. The summed E-state index contributed by atoms with van der Waals surface area (Å²) in [6.45, 7) is 0.348. The summed E-state index contributed by atoms with van der Waals surface area (Å²) in [6, 6.07) is 13.1. The molecule has 0 saturated heterocycles. The number of nitrogens with one attached hydrogen (secondary N) is 2. The van der Waals surface area contributed by atoms with Gasteiger partial charge in [-0.1, -0.05) is 40.9 Å². The van der Waals surface area contributed by atoms with Crippen molar-refractivity contribution in [1.82, 2.24) is 14.9 Å². The van der Waals surface area contributed by atoms with Crippen molar-refractivity contribution in [3.8, 4) is 0 Å². The number of benzene rings is 2. The Balaban J connectivity index is 1.57. The number of fused-ring (bicyclic) bond motifs is 1. The number of aromatic amines is 1. The van der Waals surface area contributed by atoms with Crippen LogP contribution in [0.1, 0.15) is 41.6 Å². The van der Waals surface area contributed by atoms with E-state index in [1.807, 2.05) is 24.3 Å². The first-order valence-electron chi connectivity index (χ1n) is 9.33. The number of H-pyrrole nitrogens is 1. The average molecular weight is 458 g/mol. The average Bonchev–Trinajstić information content (AvgIpc) is 3.19. The van der Waals surface area contributed by atoms with Crippen LogP contribution in [0.5, 0.6) is 0 Å². The molecule has 2 N–H and O–H groups in total. The Morgan fingerprint density at radius 1 is 1.18 bits per heavy atom. The van der Waals surface area contributed by atoms with Crippen molar-refractivity contribution in [2.24, 2.45) is 0 Å². The van der Waals surface area contributed by atoms with Crippen molar-refractivity contribution < 1.29 is 4.79 Å². The van der Waals surface area contributed by atoms with Gasteiger partial charge >= 0.3 is 0 Å². The standard InChI is InChI=1S/C21H20BrN3O2S/c22-15-9-10-18-17(11-15)20(27)25(21(28)24-18)12-13-5-7-14(8-6-13)19(26)23-16-3-1-2-4-16/h5-11,16H,1-4,12H2,(H,23,26)(H,24,28). The lowest BCUT2D eigenvalue weighted by Crippen LogP contribution is -2.32. The van der Waals surface area contributed by atoms with Gasteiger partial charge in [0.2, 0.25) is 0 Å². The number of carbonyl (C=O) groups excluding carboxylic acids is 1. The SMILES string of the molecule is O=C(NC1CCCC1)c1ccc(Cn2c(=S)[nH]c3ccc(Br)cc3c2=O)cc1. The van der Waals surface area contributed by atoms with E-state index in [4.69, 9.17) is 12.2 Å². The van der Waals surface area contributed by atoms with Crippen molar-refractivity contribution >= 4 is 45.0 Å². The molecule has 1 saturated carbocycles. The van der Waals surface area contributed by atoms with E-state index < -0.39 is 0 Å². The van der Waals surface area contributed by atoms with Crippen LogP contribution in [0.2, 0.25) is 0 Å². The quantitative estimate of drug-likeness (QED) is 0.564. The largest absolute Gasteiger partial charge is 0.349 e. The Kier molecular flexibility index (Phi) is 5.46. The minimum Gasteiger partial charge on any atom is -0.349 e. The number of hydrogen-bond donors (Lipinski definition) is 2. The number of hydrogen-bond acceptors (Lipinski definition) is 3. The number of aromatic nitrogens is 2. The van der Waals surface area contributed by atoms with Crippen LogP contribution in [0.25, 0.3) is 10.9 Å². The Morgan fingerprint density at radius 2 is 1.89 bits per heavy atom. The van der Waals surface area contributed by atoms with Gasteiger partial charge in [-0.2, -0.15) is 0 Å². The number of amides is 1. The number of carbonyl (C=O) groups is 1. The molecule has 1 heterocycles. The van der Waals surface area contributed by atoms with Crippen molar-refractivity contribution in [3.05, 3.63) is 73.2 Å². The summed E-state index contributed by atoms with van der Waals surface area (Å²) in [5.41, 5.74) is 2.13. The highest BCUT2D eigenvalue weighted by Gasteiger charge is 2.17. The summed E-state index contributed by atoms with van der Waals surface area (Å²) < 4.78 is 2.76. The topological polar surface area (TPSA) is 66.9 Å². The van der Waals surface area contributed by atoms with Gasteiger partial charge in [0, 0.05) is 16.1 Å². The van der Waals surface area contributed by atoms with Crippen LogP contribution in [-0.4, -0.2) is 21.5 Å². The third kappa shape index (κ3) is 3.95. The van der Waals surface area contributed by atoms with Gasteiger partial charge in [0.25, 0.3) is 11.5 Å². The maximum atomic E-state index is 12.9. The smallest absolute Gasteiger partial charge is 0.262 e. The third-order valence-corrected chi connectivity index (χ3v) is 6.01. The third-order valence-electron chi connectivity index (χ3n) is 5.19. The van der Waals surface area contributed by atoms with Crippen LogP contribution >= 0.6 is 28.1 Å². The Labute approximate surface area is 175 Å². The van der Waals surface area contributed by atoms with Crippen LogP contribution in [-0.2, 0) is 6.54 Å². The number of nitrogens with zero attached hydrogens (tertiary/aromatic N) is 1. The molecule has 0 radical (unpaired) electrons. The Bertz CT molecular complexity index is 1150. The maximum absolute atomic E-state index is 12.9. The molecular weight excluding hydrogens is 438 g/mol. The molecule has 28 heavy (non-hydrogen) atoms. The monoisotopic (exact) mass is 457 g/mol. The van der Waals surface area contributed by atoms with Gasteiger partial charge in [0.1, 0.15) is 0 Å². The van der Waals surface area contributed by atoms with Gasteiger partial charge < -0.3 is 10.3 Å². The first kappa shape index (κ1) is 19.1. The lowest BCUT2D eigenvalue weighted by atomic mass is 10.1. The first-order valence-corrected chi connectivity index (χ1v) is 10.5. The maximum Gasteiger partial charge on any atom is 0.262 e. The van der Waals surface area contributed by atoms with E-state index in [9.17, 15) is 9.59 Å². The summed E-state index contributed by atoms with van der Waals surface area (Å²) in [4.78, 5) is 28.3. The zero-order valence-corrected chi connectivity index (χ0v) is 17.6. The molecule has 0 aliphatic heterocycles. The molecule has 1 aliphatic rings. The fourth-order valence-corrected chi connectivity index (χ4v) is 4.27. The summed E-state index contributed by atoms with van der Waals surface area (Å²) in [5.74, 6) is -0.0385. The highest BCUT2D eigenvalue weighted by Crippen LogP contribution is 2.18. The molecule has 4 rings (SSSR count). The molecule has 1 amide bonds. The number of rotatable bonds is 4. The van der Waals surface area contributed by atoms with Crippen LogP contribution in [0, 0.1) is 4.77 Å². The minimum absolute atomic E-state index is 0.0385. The van der Waals surface area contributed by atoms with Crippen LogP contribution in [0.3, 0.4) is 0 Å².